The summed E-state index contributed by atoms with van der Waals surface area (Å²) in [5.41, 5.74) is 0.646. The zero-order valence-corrected chi connectivity index (χ0v) is 12.3. The molecular weight excluding hydrogens is 302 g/mol. The van der Waals surface area contributed by atoms with Crippen molar-refractivity contribution in [2.24, 2.45) is 5.92 Å². The lowest BCUT2D eigenvalue weighted by Gasteiger charge is -2.25. The van der Waals surface area contributed by atoms with Gasteiger partial charge in [0, 0.05) is 23.1 Å². The second-order valence-electron chi connectivity index (χ2n) is 4.62. The van der Waals surface area contributed by atoms with Gasteiger partial charge in [-0.25, -0.2) is 0 Å². The lowest BCUT2D eigenvalue weighted by atomic mass is 10.1. The number of carbonyl (C=O) groups is 1. The molecule has 2 nitrogen and oxygen atoms in total. The SMILES string of the molecule is CC(C1CC1)N(C)C(=O)c1ccc(Br)c(Cl)c1. The predicted octanol–water partition coefficient (Wildman–Crippen LogP) is 3.97. The van der Waals surface area contributed by atoms with Gasteiger partial charge in [-0.1, -0.05) is 11.6 Å². The first kappa shape index (κ1) is 12.9. The molecule has 1 aromatic carbocycles. The van der Waals surface area contributed by atoms with Crippen LogP contribution in [0.3, 0.4) is 0 Å². The molecule has 92 valence electrons. The van der Waals surface area contributed by atoms with Crippen molar-refractivity contribution < 1.29 is 4.79 Å². The standard InChI is InChI=1S/C13H15BrClNO/c1-8(9-3-4-9)16(2)13(17)10-5-6-11(14)12(15)7-10/h5-9H,3-4H2,1-2H3. The summed E-state index contributed by atoms with van der Waals surface area (Å²) in [5, 5.41) is 0.573. The van der Waals surface area contributed by atoms with Crippen molar-refractivity contribution >= 4 is 33.4 Å². The lowest BCUT2D eigenvalue weighted by molar-refractivity contribution is 0.0727. The Kier molecular flexibility index (Phi) is 3.79. The molecule has 1 atom stereocenters. The number of hydrogen-bond donors (Lipinski definition) is 0. The highest BCUT2D eigenvalue weighted by Gasteiger charge is 2.32. The Balaban J connectivity index is 2.15. The van der Waals surface area contributed by atoms with Gasteiger partial charge < -0.3 is 4.90 Å². The largest absolute Gasteiger partial charge is 0.339 e. The number of carbonyl (C=O) groups excluding carboxylic acids is 1. The van der Waals surface area contributed by atoms with E-state index in [4.69, 9.17) is 11.6 Å². The maximum atomic E-state index is 12.2. The number of halogens is 2. The highest BCUT2D eigenvalue weighted by Crippen LogP contribution is 2.35. The Labute approximate surface area is 115 Å². The predicted molar refractivity (Wildman–Crippen MR) is 73.4 cm³/mol. The molecule has 2 rings (SSSR count). The van der Waals surface area contributed by atoms with Crippen molar-refractivity contribution in [3.63, 3.8) is 0 Å². The summed E-state index contributed by atoms with van der Waals surface area (Å²) < 4.78 is 0.814. The van der Waals surface area contributed by atoms with Gasteiger partial charge in [0.25, 0.3) is 5.91 Å². The first-order valence-electron chi connectivity index (χ1n) is 5.73. The molecule has 1 aromatic rings. The van der Waals surface area contributed by atoms with Crippen molar-refractivity contribution in [3.8, 4) is 0 Å². The van der Waals surface area contributed by atoms with Gasteiger partial charge in [0.15, 0.2) is 0 Å². The fraction of sp³-hybridized carbons (Fsp3) is 0.462. The Morgan fingerprint density at radius 3 is 2.71 bits per heavy atom. The van der Waals surface area contributed by atoms with E-state index in [1.165, 1.54) is 12.8 Å². The van der Waals surface area contributed by atoms with Crippen molar-refractivity contribution in [1.82, 2.24) is 4.90 Å². The fourth-order valence-corrected chi connectivity index (χ4v) is 2.34. The van der Waals surface area contributed by atoms with Gasteiger partial charge in [-0.3, -0.25) is 4.79 Å². The van der Waals surface area contributed by atoms with E-state index in [-0.39, 0.29) is 5.91 Å². The molecule has 1 aliphatic rings. The number of nitrogens with zero attached hydrogens (tertiary/aromatic N) is 1. The first-order chi connectivity index (χ1) is 8.00. The van der Waals surface area contributed by atoms with Crippen molar-refractivity contribution in [3.05, 3.63) is 33.3 Å². The van der Waals surface area contributed by atoms with Crippen molar-refractivity contribution in [1.29, 1.82) is 0 Å². The molecule has 0 heterocycles. The minimum absolute atomic E-state index is 0.0406. The van der Waals surface area contributed by atoms with E-state index in [1.54, 1.807) is 12.1 Å². The van der Waals surface area contributed by atoms with Gasteiger partial charge in [-0.15, -0.1) is 0 Å². The summed E-state index contributed by atoms with van der Waals surface area (Å²) in [4.78, 5) is 14.1. The zero-order chi connectivity index (χ0) is 12.6. The van der Waals surface area contributed by atoms with Crippen LogP contribution in [0, 0.1) is 5.92 Å². The third kappa shape index (κ3) is 2.83. The molecule has 0 radical (unpaired) electrons. The highest BCUT2D eigenvalue weighted by atomic mass is 79.9. The van der Waals surface area contributed by atoms with Gasteiger partial charge in [-0.2, -0.15) is 0 Å². The third-order valence-electron chi connectivity index (χ3n) is 3.40. The molecule has 4 heteroatoms. The maximum Gasteiger partial charge on any atom is 0.253 e. The average Bonchev–Trinajstić information content (AvgIpc) is 3.14. The van der Waals surface area contributed by atoms with E-state index in [9.17, 15) is 4.79 Å². The normalized spacial score (nSPS) is 16.7. The van der Waals surface area contributed by atoms with E-state index in [1.807, 2.05) is 18.0 Å². The summed E-state index contributed by atoms with van der Waals surface area (Å²) in [7, 11) is 1.86. The average molecular weight is 317 g/mol. The van der Waals surface area contributed by atoms with Crippen molar-refractivity contribution in [2.45, 2.75) is 25.8 Å². The van der Waals surface area contributed by atoms with Gasteiger partial charge >= 0.3 is 0 Å². The van der Waals surface area contributed by atoms with Crippen LogP contribution in [0.25, 0.3) is 0 Å². The quantitative estimate of drug-likeness (QED) is 0.826. The molecule has 0 spiro atoms. The van der Waals surface area contributed by atoms with Crippen LogP contribution in [-0.4, -0.2) is 23.9 Å². The minimum atomic E-state index is 0.0406. The first-order valence-corrected chi connectivity index (χ1v) is 6.90. The smallest absolute Gasteiger partial charge is 0.253 e. The molecule has 0 bridgehead atoms. The molecule has 1 fully saturated rings. The van der Waals surface area contributed by atoms with E-state index >= 15 is 0 Å². The van der Waals surface area contributed by atoms with Crippen LogP contribution in [-0.2, 0) is 0 Å². The van der Waals surface area contributed by atoms with Gasteiger partial charge in [0.1, 0.15) is 0 Å². The molecule has 1 unspecified atom stereocenters. The van der Waals surface area contributed by atoms with Crippen LogP contribution in [0.15, 0.2) is 22.7 Å². The Hall–Kier alpha value is -0.540. The van der Waals surface area contributed by atoms with E-state index in [2.05, 4.69) is 22.9 Å². The van der Waals surface area contributed by atoms with Crippen LogP contribution in [0.1, 0.15) is 30.1 Å². The molecule has 0 aromatic heterocycles. The van der Waals surface area contributed by atoms with E-state index in [0.717, 1.165) is 4.47 Å². The topological polar surface area (TPSA) is 20.3 Å². The summed E-state index contributed by atoms with van der Waals surface area (Å²) in [6.45, 7) is 2.11. The van der Waals surface area contributed by atoms with E-state index < -0.39 is 0 Å². The Morgan fingerprint density at radius 2 is 2.18 bits per heavy atom. The highest BCUT2D eigenvalue weighted by molar-refractivity contribution is 9.10. The Bertz CT molecular complexity index is 445. The molecule has 0 aliphatic heterocycles. The van der Waals surface area contributed by atoms with Crippen LogP contribution < -0.4 is 0 Å². The Morgan fingerprint density at radius 1 is 1.53 bits per heavy atom. The molecule has 1 saturated carbocycles. The summed E-state index contributed by atoms with van der Waals surface area (Å²) in [6, 6.07) is 5.63. The minimum Gasteiger partial charge on any atom is -0.339 e. The second kappa shape index (κ2) is 4.99. The monoisotopic (exact) mass is 315 g/mol. The number of benzene rings is 1. The van der Waals surface area contributed by atoms with Gasteiger partial charge in [0.2, 0.25) is 0 Å². The third-order valence-corrected chi connectivity index (χ3v) is 4.63. The van der Waals surface area contributed by atoms with Crippen LogP contribution >= 0.6 is 27.5 Å². The second-order valence-corrected chi connectivity index (χ2v) is 5.88. The summed E-state index contributed by atoms with van der Waals surface area (Å²) >= 11 is 9.32. The number of amides is 1. The number of hydrogen-bond acceptors (Lipinski definition) is 1. The molecule has 0 N–H and O–H groups in total. The van der Waals surface area contributed by atoms with Crippen LogP contribution in [0.4, 0.5) is 0 Å². The maximum absolute atomic E-state index is 12.2. The van der Waals surface area contributed by atoms with Gasteiger partial charge in [0.05, 0.1) is 5.02 Å². The summed E-state index contributed by atoms with van der Waals surface area (Å²) in [5.74, 6) is 0.716. The van der Waals surface area contributed by atoms with Crippen molar-refractivity contribution in [2.75, 3.05) is 7.05 Å². The lowest BCUT2D eigenvalue weighted by Crippen LogP contribution is -2.36. The van der Waals surface area contributed by atoms with Gasteiger partial charge in [-0.05, 0) is 59.8 Å². The fourth-order valence-electron chi connectivity index (χ4n) is 1.91. The molecule has 1 aliphatic carbocycles. The molecule has 1 amide bonds. The van der Waals surface area contributed by atoms with Crippen LogP contribution in [0.5, 0.6) is 0 Å². The van der Waals surface area contributed by atoms with E-state index in [0.29, 0.717) is 22.5 Å². The molecule has 0 saturated heterocycles. The molecule has 17 heavy (non-hydrogen) atoms. The molecular formula is C13H15BrClNO. The summed E-state index contributed by atoms with van der Waals surface area (Å²) in [6.07, 6.45) is 2.47. The number of rotatable bonds is 3. The van der Waals surface area contributed by atoms with Crippen LogP contribution in [0.2, 0.25) is 5.02 Å². The zero-order valence-electron chi connectivity index (χ0n) is 9.91.